The Hall–Kier alpha value is -3.03. The van der Waals surface area contributed by atoms with E-state index in [4.69, 9.17) is 16.4 Å². The number of rotatable bonds is 4. The molecule has 0 saturated heterocycles. The van der Waals surface area contributed by atoms with Gasteiger partial charge in [-0.15, -0.1) is 0 Å². The molecule has 158 valence electrons. The number of imide groups is 1. The Morgan fingerprint density at radius 2 is 1.74 bits per heavy atom. The lowest BCUT2D eigenvalue weighted by atomic mass is 9.87. The number of fused-ring (bicyclic) bond motifs is 1. The molecule has 2 aliphatic rings. The van der Waals surface area contributed by atoms with Crippen LogP contribution in [-0.2, 0) is 10.3 Å². The molecule has 0 radical (unpaired) electrons. The predicted octanol–water partition coefficient (Wildman–Crippen LogP) is 5.77. The molecule has 4 rings (SSSR count). The summed E-state index contributed by atoms with van der Waals surface area (Å²) >= 11 is 7.65. The number of nitrogens with one attached hydrogen (secondary N) is 1. The zero-order valence-corrected chi connectivity index (χ0v) is 18.8. The summed E-state index contributed by atoms with van der Waals surface area (Å²) in [6, 6.07) is 11.5. The van der Waals surface area contributed by atoms with E-state index in [1.807, 2.05) is 12.1 Å². The molecule has 0 aliphatic carbocycles. The summed E-state index contributed by atoms with van der Waals surface area (Å²) in [5.41, 5.74) is 2.49. The summed E-state index contributed by atoms with van der Waals surface area (Å²) in [5.74, 6) is -0.982. The van der Waals surface area contributed by atoms with E-state index in [2.05, 4.69) is 42.8 Å². The average molecular weight is 454 g/mol. The van der Waals surface area contributed by atoms with Gasteiger partial charge in [-0.25, -0.2) is 4.90 Å². The van der Waals surface area contributed by atoms with Crippen LogP contribution in [0.5, 0.6) is 0 Å². The fourth-order valence-electron chi connectivity index (χ4n) is 3.24. The zero-order valence-electron chi connectivity index (χ0n) is 17.2. The van der Waals surface area contributed by atoms with Gasteiger partial charge >= 0.3 is 0 Å². The van der Waals surface area contributed by atoms with Gasteiger partial charge in [0.15, 0.2) is 0 Å². The number of nitrogens with zero attached hydrogens (tertiary/aromatic N) is 2. The number of anilines is 1. The van der Waals surface area contributed by atoms with Crippen molar-refractivity contribution in [1.29, 1.82) is 0 Å². The van der Waals surface area contributed by atoms with Crippen LogP contribution in [0.15, 0.2) is 70.6 Å². The minimum Gasteiger partial charge on any atom is -0.363 e. The van der Waals surface area contributed by atoms with Crippen LogP contribution >= 0.6 is 23.5 Å². The highest BCUT2D eigenvalue weighted by atomic mass is 35.5. The van der Waals surface area contributed by atoms with Gasteiger partial charge in [-0.05, 0) is 59.3 Å². The Kier molecular flexibility index (Phi) is 5.64. The molecule has 2 heterocycles. The Morgan fingerprint density at radius 3 is 2.45 bits per heavy atom. The van der Waals surface area contributed by atoms with Crippen molar-refractivity contribution in [2.45, 2.75) is 31.1 Å². The maximum atomic E-state index is 13.2. The molecular formula is C23H20ClN3O3S. The van der Waals surface area contributed by atoms with Crippen molar-refractivity contribution in [1.82, 2.24) is 4.90 Å². The molecule has 2 aromatic rings. The van der Waals surface area contributed by atoms with Crippen molar-refractivity contribution in [3.8, 4) is 0 Å². The predicted molar refractivity (Wildman–Crippen MR) is 123 cm³/mol. The molecule has 6 nitrogen and oxygen atoms in total. The topological polar surface area (TPSA) is 71.0 Å². The van der Waals surface area contributed by atoms with Crippen LogP contribution in [-0.4, -0.2) is 22.9 Å². The lowest BCUT2D eigenvalue weighted by Crippen LogP contribution is -2.28. The third kappa shape index (κ3) is 4.11. The summed E-state index contributed by atoms with van der Waals surface area (Å²) in [4.78, 5) is 33.2. The number of allylic oxidation sites excluding steroid dienone is 2. The van der Waals surface area contributed by atoms with E-state index in [9.17, 15) is 9.59 Å². The van der Waals surface area contributed by atoms with E-state index in [-0.39, 0.29) is 27.3 Å². The fraction of sp³-hybridized carbons (Fsp3) is 0.174. The first-order chi connectivity index (χ1) is 14.8. The summed E-state index contributed by atoms with van der Waals surface area (Å²) in [7, 11) is 0. The minimum absolute atomic E-state index is 0.0692. The van der Waals surface area contributed by atoms with E-state index in [0.29, 0.717) is 5.69 Å². The van der Waals surface area contributed by atoms with E-state index in [1.54, 1.807) is 24.3 Å². The van der Waals surface area contributed by atoms with Gasteiger partial charge in [0.05, 0.1) is 33.7 Å². The third-order valence-electron chi connectivity index (χ3n) is 4.89. The van der Waals surface area contributed by atoms with Crippen molar-refractivity contribution in [3.63, 3.8) is 0 Å². The Labute approximate surface area is 189 Å². The zero-order chi connectivity index (χ0) is 22.2. The van der Waals surface area contributed by atoms with E-state index >= 15 is 0 Å². The number of hydrogen-bond acceptors (Lipinski definition) is 6. The maximum absolute atomic E-state index is 13.2. The number of carbonyl (C=O) groups excluding carboxylic acids is 2. The molecular weight excluding hydrogens is 434 g/mol. The molecule has 0 aromatic heterocycles. The molecule has 8 heteroatoms. The third-order valence-corrected chi connectivity index (χ3v) is 6.04. The maximum Gasteiger partial charge on any atom is 0.268 e. The smallest absolute Gasteiger partial charge is 0.268 e. The molecule has 0 saturated carbocycles. The van der Waals surface area contributed by atoms with Gasteiger partial charge in [0.1, 0.15) is 6.26 Å². The molecule has 0 unspecified atom stereocenters. The highest BCUT2D eigenvalue weighted by molar-refractivity contribution is 8.00. The largest absolute Gasteiger partial charge is 0.363 e. The second-order valence-corrected chi connectivity index (χ2v) is 9.32. The number of benzene rings is 2. The summed E-state index contributed by atoms with van der Waals surface area (Å²) in [6.45, 7) is 6.48. The molecule has 31 heavy (non-hydrogen) atoms. The van der Waals surface area contributed by atoms with Crippen molar-refractivity contribution in [2.75, 3.05) is 4.72 Å². The molecule has 0 bridgehead atoms. The molecule has 1 N–H and O–H groups in total. The first-order valence-corrected chi connectivity index (χ1v) is 10.8. The molecule has 2 amide bonds. The van der Waals surface area contributed by atoms with Crippen LogP contribution in [0.25, 0.3) is 0 Å². The van der Waals surface area contributed by atoms with Gasteiger partial charge < -0.3 is 9.56 Å². The number of halogens is 1. The lowest BCUT2D eigenvalue weighted by molar-refractivity contribution is 0.0703. The number of hydrogen-bond donors (Lipinski definition) is 1. The second kappa shape index (κ2) is 8.24. The van der Waals surface area contributed by atoms with Gasteiger partial charge in [-0.2, -0.15) is 0 Å². The van der Waals surface area contributed by atoms with Gasteiger partial charge in [-0.1, -0.05) is 49.7 Å². The fourth-order valence-corrected chi connectivity index (χ4v) is 4.15. The van der Waals surface area contributed by atoms with Crippen molar-refractivity contribution < 1.29 is 14.4 Å². The van der Waals surface area contributed by atoms with Crippen molar-refractivity contribution in [3.05, 3.63) is 82.2 Å². The highest BCUT2D eigenvalue weighted by Gasteiger charge is 2.41. The van der Waals surface area contributed by atoms with Gasteiger partial charge in [0.25, 0.3) is 11.8 Å². The molecule has 2 aromatic carbocycles. The SMILES string of the molecule is CC(C)(C)c1ccc(SNc2ccc(Cl)c3c2C(=O)N(C2=CON=CC=C2)C3=O)cc1. The van der Waals surface area contributed by atoms with Crippen LogP contribution in [0.3, 0.4) is 0 Å². The Morgan fingerprint density at radius 1 is 1.03 bits per heavy atom. The summed E-state index contributed by atoms with van der Waals surface area (Å²) in [6.07, 6.45) is 5.82. The van der Waals surface area contributed by atoms with Gasteiger partial charge in [0.2, 0.25) is 0 Å². The van der Waals surface area contributed by atoms with Crippen molar-refractivity contribution >= 4 is 47.3 Å². The normalized spacial score (nSPS) is 15.5. The second-order valence-electron chi connectivity index (χ2n) is 8.03. The molecule has 0 spiro atoms. The lowest BCUT2D eigenvalue weighted by Gasteiger charge is -2.19. The average Bonchev–Trinajstić information content (AvgIpc) is 2.90. The Bertz CT molecular complexity index is 1150. The minimum atomic E-state index is -0.505. The van der Waals surface area contributed by atoms with E-state index < -0.39 is 11.8 Å². The van der Waals surface area contributed by atoms with Crippen LogP contribution in [0.1, 0.15) is 47.1 Å². The molecule has 0 atom stereocenters. The number of carbonyl (C=O) groups is 2. The number of oxime groups is 1. The highest BCUT2D eigenvalue weighted by Crippen LogP contribution is 2.38. The molecule has 0 fully saturated rings. The van der Waals surface area contributed by atoms with Crippen LogP contribution in [0, 0.1) is 0 Å². The quantitative estimate of drug-likeness (QED) is 0.470. The van der Waals surface area contributed by atoms with Crippen molar-refractivity contribution in [2.24, 2.45) is 5.16 Å². The summed E-state index contributed by atoms with van der Waals surface area (Å²) in [5, 5.41) is 3.85. The standard InChI is InChI=1S/C23H20ClN3O3S/c1-23(2,3)14-6-8-16(9-7-14)31-26-18-11-10-17(24)19-20(18)22(29)27(21(19)28)15-5-4-12-25-30-13-15/h4-13,26H,1-3H3. The van der Waals surface area contributed by atoms with E-state index in [0.717, 1.165) is 9.80 Å². The van der Waals surface area contributed by atoms with Gasteiger partial charge in [-0.3, -0.25) is 9.59 Å². The van der Waals surface area contributed by atoms with E-state index in [1.165, 1.54) is 30.0 Å². The molecule has 2 aliphatic heterocycles. The van der Waals surface area contributed by atoms with Gasteiger partial charge in [0, 0.05) is 4.90 Å². The number of amides is 2. The monoisotopic (exact) mass is 453 g/mol. The first kappa shape index (κ1) is 21.2. The van der Waals surface area contributed by atoms with Crippen LogP contribution in [0.4, 0.5) is 5.69 Å². The summed E-state index contributed by atoms with van der Waals surface area (Å²) < 4.78 is 3.20. The van der Waals surface area contributed by atoms with Crippen LogP contribution < -0.4 is 4.72 Å². The first-order valence-electron chi connectivity index (χ1n) is 9.58. The van der Waals surface area contributed by atoms with Crippen LogP contribution in [0.2, 0.25) is 5.02 Å². The Balaban J connectivity index is 1.61.